The second-order valence-corrected chi connectivity index (χ2v) is 2.72. The normalized spacial score (nSPS) is 21.0. The van der Waals surface area contributed by atoms with Crippen LogP contribution in [0.5, 0.6) is 0 Å². The number of nitrogens with zero attached hydrogens (tertiary/aromatic N) is 4. The fourth-order valence-corrected chi connectivity index (χ4v) is 1.35. The molecule has 0 aromatic rings. The van der Waals surface area contributed by atoms with Crippen LogP contribution in [0.15, 0.2) is 5.11 Å². The Morgan fingerprint density at radius 2 is 2.62 bits per heavy atom. The molecule has 0 saturated carbocycles. The lowest BCUT2D eigenvalue weighted by molar-refractivity contribution is 0.104. The Bertz CT molecular complexity index is 237. The number of carbonyl (C=O) groups excluding carboxylic acids is 1. The summed E-state index contributed by atoms with van der Waals surface area (Å²) in [5.74, 6) is 0. The monoisotopic (exact) mass is 184 g/mol. The van der Waals surface area contributed by atoms with Crippen molar-refractivity contribution in [2.24, 2.45) is 5.11 Å². The molecule has 1 fully saturated rings. The van der Waals surface area contributed by atoms with E-state index in [4.69, 9.17) is 10.3 Å². The summed E-state index contributed by atoms with van der Waals surface area (Å²) in [6, 6.07) is 0. The van der Waals surface area contributed by atoms with E-state index in [9.17, 15) is 4.79 Å². The maximum Gasteiger partial charge on any atom is 0.410 e. The van der Waals surface area contributed by atoms with Crippen LogP contribution < -0.4 is 0 Å². The van der Waals surface area contributed by atoms with Crippen molar-refractivity contribution >= 4 is 6.09 Å². The zero-order valence-electron chi connectivity index (χ0n) is 7.51. The van der Waals surface area contributed by atoms with E-state index in [1.54, 1.807) is 6.92 Å². The summed E-state index contributed by atoms with van der Waals surface area (Å²) in [5.41, 5.74) is 8.24. The first-order valence-corrected chi connectivity index (χ1v) is 4.27. The van der Waals surface area contributed by atoms with Crippen LogP contribution in [0.2, 0.25) is 0 Å². The molecule has 0 spiro atoms. The van der Waals surface area contributed by atoms with Gasteiger partial charge in [-0.1, -0.05) is 5.11 Å². The quantitative estimate of drug-likeness (QED) is 0.373. The van der Waals surface area contributed by atoms with Crippen molar-refractivity contribution in [1.82, 2.24) is 4.90 Å². The van der Waals surface area contributed by atoms with Crippen molar-refractivity contribution in [3.63, 3.8) is 0 Å². The number of azide groups is 1. The fraction of sp³-hybridized carbons (Fsp3) is 0.857. The zero-order valence-corrected chi connectivity index (χ0v) is 7.51. The van der Waals surface area contributed by atoms with Gasteiger partial charge in [-0.15, -0.1) is 0 Å². The predicted octanol–water partition coefficient (Wildman–Crippen LogP) is 1.88. The molecule has 1 atom stereocenters. The summed E-state index contributed by atoms with van der Waals surface area (Å²) in [5, 5.41) is 3.51. The van der Waals surface area contributed by atoms with E-state index >= 15 is 0 Å². The third-order valence-corrected chi connectivity index (χ3v) is 1.91. The van der Waals surface area contributed by atoms with E-state index in [-0.39, 0.29) is 6.17 Å². The highest BCUT2D eigenvalue weighted by atomic mass is 16.6. The number of carbonyl (C=O) groups is 1. The summed E-state index contributed by atoms with van der Waals surface area (Å²) < 4.78 is 4.81. The van der Waals surface area contributed by atoms with Gasteiger partial charge in [0.15, 0.2) is 0 Å². The topological polar surface area (TPSA) is 78.3 Å². The van der Waals surface area contributed by atoms with Crippen LogP contribution in [0.25, 0.3) is 10.4 Å². The van der Waals surface area contributed by atoms with E-state index in [0.29, 0.717) is 13.2 Å². The van der Waals surface area contributed by atoms with Gasteiger partial charge in [-0.25, -0.2) is 4.79 Å². The minimum absolute atomic E-state index is 0.346. The Kier molecular flexibility index (Phi) is 3.40. The molecule has 1 aliphatic heterocycles. The third-order valence-electron chi connectivity index (χ3n) is 1.91. The number of ether oxygens (including phenoxy) is 1. The van der Waals surface area contributed by atoms with Gasteiger partial charge in [0.2, 0.25) is 0 Å². The zero-order chi connectivity index (χ0) is 9.68. The minimum atomic E-state index is -0.391. The number of rotatable bonds is 2. The maximum atomic E-state index is 11.3. The van der Waals surface area contributed by atoms with E-state index in [1.807, 2.05) is 0 Å². The minimum Gasteiger partial charge on any atom is -0.450 e. The Labute approximate surface area is 76.1 Å². The average molecular weight is 184 g/mol. The van der Waals surface area contributed by atoms with E-state index in [0.717, 1.165) is 12.8 Å². The van der Waals surface area contributed by atoms with Gasteiger partial charge in [-0.2, -0.15) is 0 Å². The molecule has 13 heavy (non-hydrogen) atoms. The van der Waals surface area contributed by atoms with Crippen LogP contribution in [0.4, 0.5) is 4.79 Å². The summed E-state index contributed by atoms with van der Waals surface area (Å²) in [7, 11) is 0. The van der Waals surface area contributed by atoms with Gasteiger partial charge in [0.05, 0.1) is 6.61 Å². The molecule has 1 rings (SSSR count). The molecule has 0 aliphatic carbocycles. The molecule has 0 aromatic carbocycles. The van der Waals surface area contributed by atoms with Gasteiger partial charge < -0.3 is 4.74 Å². The third kappa shape index (κ3) is 2.26. The lowest BCUT2D eigenvalue weighted by Crippen LogP contribution is -2.34. The molecule has 1 heterocycles. The van der Waals surface area contributed by atoms with Crippen molar-refractivity contribution in [2.45, 2.75) is 25.9 Å². The van der Waals surface area contributed by atoms with Crippen LogP contribution in [0.1, 0.15) is 19.8 Å². The molecule has 6 nitrogen and oxygen atoms in total. The van der Waals surface area contributed by atoms with E-state index in [2.05, 4.69) is 10.0 Å². The molecule has 1 unspecified atom stereocenters. The van der Waals surface area contributed by atoms with Crippen LogP contribution in [0.3, 0.4) is 0 Å². The number of hydrogen-bond acceptors (Lipinski definition) is 3. The van der Waals surface area contributed by atoms with Gasteiger partial charge in [-0.3, -0.25) is 4.90 Å². The molecule has 6 heteroatoms. The second kappa shape index (κ2) is 4.57. The summed E-state index contributed by atoms with van der Waals surface area (Å²) in [6.07, 6.45) is 0.840. The van der Waals surface area contributed by atoms with Crippen LogP contribution in [0, 0.1) is 0 Å². The number of likely N-dealkylation sites (tertiary alicyclic amines) is 1. The van der Waals surface area contributed by atoms with Crippen LogP contribution in [-0.4, -0.2) is 30.3 Å². The molecule has 1 amide bonds. The molecular formula is C7H12N4O2. The van der Waals surface area contributed by atoms with E-state index < -0.39 is 6.09 Å². The highest BCUT2D eigenvalue weighted by molar-refractivity contribution is 5.68. The summed E-state index contributed by atoms with van der Waals surface area (Å²) >= 11 is 0. The Morgan fingerprint density at radius 3 is 3.23 bits per heavy atom. The predicted molar refractivity (Wildman–Crippen MR) is 45.9 cm³/mol. The first-order chi connectivity index (χ1) is 6.29. The molecule has 0 bridgehead atoms. The first kappa shape index (κ1) is 9.67. The molecular weight excluding hydrogens is 172 g/mol. The maximum absolute atomic E-state index is 11.3. The lowest BCUT2D eigenvalue weighted by atomic mass is 10.3. The second-order valence-electron chi connectivity index (χ2n) is 2.72. The highest BCUT2D eigenvalue weighted by Gasteiger charge is 2.28. The molecule has 0 N–H and O–H groups in total. The van der Waals surface area contributed by atoms with Gasteiger partial charge in [0, 0.05) is 11.5 Å². The summed E-state index contributed by atoms with van der Waals surface area (Å²) in [6.45, 7) is 2.71. The van der Waals surface area contributed by atoms with E-state index in [1.165, 1.54) is 4.90 Å². The lowest BCUT2D eigenvalue weighted by Gasteiger charge is -2.19. The summed E-state index contributed by atoms with van der Waals surface area (Å²) in [4.78, 5) is 15.4. The van der Waals surface area contributed by atoms with Crippen molar-refractivity contribution in [2.75, 3.05) is 13.2 Å². The molecule has 72 valence electrons. The van der Waals surface area contributed by atoms with Gasteiger partial charge in [-0.05, 0) is 25.3 Å². The molecule has 1 saturated heterocycles. The Hall–Kier alpha value is -1.42. The molecule has 0 radical (unpaired) electrons. The Morgan fingerprint density at radius 1 is 1.85 bits per heavy atom. The van der Waals surface area contributed by atoms with Gasteiger partial charge >= 0.3 is 6.09 Å². The molecule has 1 aliphatic rings. The largest absolute Gasteiger partial charge is 0.450 e. The fourth-order valence-electron chi connectivity index (χ4n) is 1.35. The average Bonchev–Trinajstić information content (AvgIpc) is 2.54. The standard InChI is InChI=1S/C7H12N4O2/c1-2-13-7(12)11-5-3-4-6(11)9-10-8/h6H,2-5H2,1H3. The van der Waals surface area contributed by atoms with Gasteiger partial charge in [0.1, 0.15) is 6.17 Å². The Balaban J connectivity index is 2.57. The van der Waals surface area contributed by atoms with Gasteiger partial charge in [0.25, 0.3) is 0 Å². The molecule has 0 aromatic heterocycles. The van der Waals surface area contributed by atoms with Crippen LogP contribution in [-0.2, 0) is 4.74 Å². The number of amides is 1. The van der Waals surface area contributed by atoms with Crippen molar-refractivity contribution in [3.05, 3.63) is 10.4 Å². The van der Waals surface area contributed by atoms with Crippen molar-refractivity contribution < 1.29 is 9.53 Å². The van der Waals surface area contributed by atoms with Crippen LogP contribution >= 0.6 is 0 Å². The highest BCUT2D eigenvalue weighted by Crippen LogP contribution is 2.19. The van der Waals surface area contributed by atoms with Crippen molar-refractivity contribution in [1.29, 1.82) is 0 Å². The SMILES string of the molecule is CCOC(=O)N1CCCC1N=[N+]=[N-]. The first-order valence-electron chi connectivity index (χ1n) is 4.27. The van der Waals surface area contributed by atoms with Crippen molar-refractivity contribution in [3.8, 4) is 0 Å². The smallest absolute Gasteiger partial charge is 0.410 e. The number of hydrogen-bond donors (Lipinski definition) is 0.